The van der Waals surface area contributed by atoms with Crippen LogP contribution in [-0.2, 0) is 0 Å². The van der Waals surface area contributed by atoms with Gasteiger partial charge in [0.15, 0.2) is 5.76 Å². The second kappa shape index (κ2) is 6.50. The van der Waals surface area contributed by atoms with Crippen LogP contribution < -0.4 is 5.56 Å². The Hall–Kier alpha value is -4.04. The van der Waals surface area contributed by atoms with Gasteiger partial charge in [0.2, 0.25) is 0 Å². The van der Waals surface area contributed by atoms with Crippen LogP contribution in [0.1, 0.15) is 0 Å². The maximum atomic E-state index is 13.3. The van der Waals surface area contributed by atoms with Crippen LogP contribution >= 0.6 is 11.3 Å². The monoisotopic (exact) mass is 412 g/mol. The molecule has 0 amide bonds. The van der Waals surface area contributed by atoms with Crippen molar-refractivity contribution in [1.29, 1.82) is 0 Å². The fraction of sp³-hybridized carbons (Fsp3) is 0. The van der Waals surface area contributed by atoms with Gasteiger partial charge in [0, 0.05) is 0 Å². The molecule has 0 unspecified atom stereocenters. The van der Waals surface area contributed by atoms with Crippen LogP contribution in [0, 0.1) is 0 Å². The molecule has 0 aliphatic heterocycles. The van der Waals surface area contributed by atoms with Crippen molar-refractivity contribution < 1.29 is 8.83 Å². The highest BCUT2D eigenvalue weighted by Crippen LogP contribution is 2.41. The SMILES string of the molecule is O=c1c2sc3nnc(-c4ccco4)c(-c4ccco4)c3c2ncn1-c1ccccc1. The molecule has 7 nitrogen and oxygen atoms in total. The molecule has 5 heterocycles. The molecule has 1 aromatic carbocycles. The minimum atomic E-state index is -0.154. The topological polar surface area (TPSA) is 86.9 Å². The summed E-state index contributed by atoms with van der Waals surface area (Å²) in [6.45, 7) is 0. The summed E-state index contributed by atoms with van der Waals surface area (Å²) in [4.78, 5) is 18.5. The summed E-state index contributed by atoms with van der Waals surface area (Å²) in [5, 5.41) is 9.47. The molecule has 0 atom stereocenters. The van der Waals surface area contributed by atoms with Crippen molar-refractivity contribution in [3.8, 4) is 28.5 Å². The number of para-hydroxylation sites is 1. The van der Waals surface area contributed by atoms with E-state index in [2.05, 4.69) is 15.2 Å². The number of fused-ring (bicyclic) bond motifs is 3. The lowest BCUT2D eigenvalue weighted by atomic mass is 10.1. The molecule has 30 heavy (non-hydrogen) atoms. The maximum Gasteiger partial charge on any atom is 0.275 e. The van der Waals surface area contributed by atoms with E-state index in [0.29, 0.717) is 37.8 Å². The molecule has 6 aromatic rings. The largest absolute Gasteiger partial charge is 0.464 e. The Kier molecular flexibility index (Phi) is 3.65. The average Bonchev–Trinajstić information content (AvgIpc) is 3.54. The van der Waals surface area contributed by atoms with Gasteiger partial charge in [0.25, 0.3) is 5.56 Å². The molecule has 0 aliphatic carbocycles. The molecule has 0 spiro atoms. The molecule has 0 N–H and O–H groups in total. The van der Waals surface area contributed by atoms with Crippen molar-refractivity contribution in [1.82, 2.24) is 19.7 Å². The third-order valence-electron chi connectivity index (χ3n) is 4.86. The van der Waals surface area contributed by atoms with Crippen LogP contribution in [0.4, 0.5) is 0 Å². The number of hydrogen-bond donors (Lipinski definition) is 0. The number of thiophene rings is 1. The molecule has 6 rings (SSSR count). The first-order valence-electron chi connectivity index (χ1n) is 9.15. The van der Waals surface area contributed by atoms with Gasteiger partial charge in [-0.2, -0.15) is 0 Å². The van der Waals surface area contributed by atoms with Crippen LogP contribution in [0.15, 0.2) is 87.1 Å². The molecule has 0 aliphatic rings. The molecule has 5 aromatic heterocycles. The molecular weight excluding hydrogens is 400 g/mol. The number of furan rings is 2. The average molecular weight is 412 g/mol. The number of rotatable bonds is 3. The van der Waals surface area contributed by atoms with Crippen LogP contribution in [0.25, 0.3) is 48.9 Å². The quantitative estimate of drug-likeness (QED) is 0.410. The summed E-state index contributed by atoms with van der Waals surface area (Å²) in [5.74, 6) is 1.17. The highest BCUT2D eigenvalue weighted by atomic mass is 32.1. The molecule has 0 saturated carbocycles. The van der Waals surface area contributed by atoms with Crippen molar-refractivity contribution in [3.05, 3.63) is 83.8 Å². The van der Waals surface area contributed by atoms with E-state index in [-0.39, 0.29) is 5.56 Å². The zero-order valence-corrected chi connectivity index (χ0v) is 16.2. The summed E-state index contributed by atoms with van der Waals surface area (Å²) in [6.07, 6.45) is 4.72. The number of nitrogens with zero attached hydrogens (tertiary/aromatic N) is 4. The summed E-state index contributed by atoms with van der Waals surface area (Å²) in [6, 6.07) is 16.6. The fourth-order valence-electron chi connectivity index (χ4n) is 3.53. The molecule has 144 valence electrons. The van der Waals surface area contributed by atoms with Gasteiger partial charge in [-0.3, -0.25) is 9.36 Å². The van der Waals surface area contributed by atoms with E-state index in [4.69, 9.17) is 8.83 Å². The van der Waals surface area contributed by atoms with Gasteiger partial charge in [-0.15, -0.1) is 21.5 Å². The van der Waals surface area contributed by atoms with E-state index >= 15 is 0 Å². The van der Waals surface area contributed by atoms with Gasteiger partial charge < -0.3 is 8.83 Å². The molecule has 8 heteroatoms. The summed E-state index contributed by atoms with van der Waals surface area (Å²) >= 11 is 1.27. The predicted molar refractivity (Wildman–Crippen MR) is 114 cm³/mol. The fourth-order valence-corrected chi connectivity index (χ4v) is 4.55. The van der Waals surface area contributed by atoms with Crippen molar-refractivity contribution >= 4 is 31.8 Å². The maximum absolute atomic E-state index is 13.3. The Balaban J connectivity index is 1.72. The highest BCUT2D eigenvalue weighted by Gasteiger charge is 2.24. The standard InChI is InChI=1S/C22H12N4O3S/c27-22-20-19(23-12-26(22)13-6-2-1-3-7-13)17-16(14-8-4-10-28-14)18(15-9-5-11-29-15)24-25-21(17)30-20/h1-12H. The number of hydrogen-bond acceptors (Lipinski definition) is 7. The minimum Gasteiger partial charge on any atom is -0.464 e. The van der Waals surface area contributed by atoms with Crippen LogP contribution in [-0.4, -0.2) is 19.7 Å². The smallest absolute Gasteiger partial charge is 0.275 e. The van der Waals surface area contributed by atoms with Crippen molar-refractivity contribution in [2.45, 2.75) is 0 Å². The van der Waals surface area contributed by atoms with Crippen molar-refractivity contribution in [2.75, 3.05) is 0 Å². The minimum absolute atomic E-state index is 0.154. The van der Waals surface area contributed by atoms with E-state index in [0.717, 1.165) is 11.1 Å². The first-order chi connectivity index (χ1) is 14.8. The summed E-state index contributed by atoms with van der Waals surface area (Å²) < 4.78 is 13.3. The second-order valence-electron chi connectivity index (χ2n) is 6.59. The first-order valence-corrected chi connectivity index (χ1v) is 9.96. The number of aromatic nitrogens is 4. The second-order valence-corrected chi connectivity index (χ2v) is 7.59. The van der Waals surface area contributed by atoms with E-state index in [1.54, 1.807) is 31.0 Å². The summed E-state index contributed by atoms with van der Waals surface area (Å²) in [5.41, 5.74) is 2.41. The lowest BCUT2D eigenvalue weighted by Gasteiger charge is -2.06. The third kappa shape index (κ3) is 2.44. The number of benzene rings is 1. The van der Waals surface area contributed by atoms with Crippen LogP contribution in [0.2, 0.25) is 0 Å². The van der Waals surface area contributed by atoms with E-state index < -0.39 is 0 Å². The van der Waals surface area contributed by atoms with Crippen molar-refractivity contribution in [3.63, 3.8) is 0 Å². The molecule has 0 saturated heterocycles. The van der Waals surface area contributed by atoms with Gasteiger partial charge in [0.1, 0.15) is 27.3 Å². The molecule has 0 bridgehead atoms. The summed E-state index contributed by atoms with van der Waals surface area (Å²) in [7, 11) is 0. The van der Waals surface area contributed by atoms with E-state index in [1.807, 2.05) is 42.5 Å². The van der Waals surface area contributed by atoms with Gasteiger partial charge in [-0.25, -0.2) is 4.98 Å². The van der Waals surface area contributed by atoms with Crippen LogP contribution in [0.3, 0.4) is 0 Å². The lowest BCUT2D eigenvalue weighted by Crippen LogP contribution is -2.17. The van der Waals surface area contributed by atoms with Gasteiger partial charge >= 0.3 is 0 Å². The zero-order chi connectivity index (χ0) is 20.1. The normalized spacial score (nSPS) is 11.5. The van der Waals surface area contributed by atoms with E-state index in [1.165, 1.54) is 15.9 Å². The van der Waals surface area contributed by atoms with Crippen LogP contribution in [0.5, 0.6) is 0 Å². The lowest BCUT2D eigenvalue weighted by molar-refractivity contribution is 0.573. The Morgan fingerprint density at radius 2 is 1.63 bits per heavy atom. The Bertz CT molecular complexity index is 1550. The van der Waals surface area contributed by atoms with Gasteiger partial charge in [-0.1, -0.05) is 18.2 Å². The molecule has 0 radical (unpaired) electrons. The Morgan fingerprint density at radius 3 is 2.37 bits per heavy atom. The van der Waals surface area contributed by atoms with Gasteiger partial charge in [0.05, 0.1) is 34.7 Å². The van der Waals surface area contributed by atoms with Crippen molar-refractivity contribution in [2.24, 2.45) is 0 Å². The van der Waals surface area contributed by atoms with E-state index in [9.17, 15) is 4.79 Å². The zero-order valence-electron chi connectivity index (χ0n) is 15.4. The predicted octanol–water partition coefficient (Wildman–Crippen LogP) is 4.91. The van der Waals surface area contributed by atoms with Gasteiger partial charge in [-0.05, 0) is 36.4 Å². The molecule has 0 fully saturated rings. The Labute approximate surface area is 172 Å². The Morgan fingerprint density at radius 1 is 0.867 bits per heavy atom. The third-order valence-corrected chi connectivity index (χ3v) is 5.92. The highest BCUT2D eigenvalue weighted by molar-refractivity contribution is 7.25. The molecular formula is C22H12N4O3S. The first kappa shape index (κ1) is 16.9.